The van der Waals surface area contributed by atoms with Crippen LogP contribution in [0.4, 0.5) is 0 Å². The van der Waals surface area contributed by atoms with E-state index in [0.717, 1.165) is 11.4 Å². The van der Waals surface area contributed by atoms with Crippen molar-refractivity contribution in [1.29, 1.82) is 0 Å². The molecule has 1 aliphatic heterocycles. The average Bonchev–Trinajstić information content (AvgIpc) is 3.29. The van der Waals surface area contributed by atoms with Crippen LogP contribution >= 0.6 is 23.4 Å². The van der Waals surface area contributed by atoms with Gasteiger partial charge in [0.05, 0.1) is 18.8 Å². The third-order valence-electron chi connectivity index (χ3n) is 4.10. The highest BCUT2D eigenvalue weighted by molar-refractivity contribution is 8.00. The van der Waals surface area contributed by atoms with Crippen LogP contribution in [0, 0.1) is 6.92 Å². The first-order valence-electron chi connectivity index (χ1n) is 8.02. The van der Waals surface area contributed by atoms with E-state index in [4.69, 9.17) is 16.0 Å². The molecule has 0 aliphatic carbocycles. The molecule has 26 heavy (non-hydrogen) atoms. The highest BCUT2D eigenvalue weighted by Gasteiger charge is 2.37. The van der Waals surface area contributed by atoms with Crippen molar-refractivity contribution in [3.8, 4) is 0 Å². The third-order valence-corrected chi connectivity index (χ3v) is 5.57. The van der Waals surface area contributed by atoms with E-state index >= 15 is 0 Å². The summed E-state index contributed by atoms with van der Waals surface area (Å²) in [6, 6.07) is 10.8. The number of nitrogens with one attached hydrogen (secondary N) is 2. The fraction of sp³-hybridized carbons (Fsp3) is 0.235. The predicted molar refractivity (Wildman–Crippen MR) is 98.5 cm³/mol. The molecular formula is C17H16ClN5O2S. The smallest absolute Gasteiger partial charge is 0.236 e. The van der Waals surface area contributed by atoms with Gasteiger partial charge in [-0.25, -0.2) is 4.68 Å². The number of aromatic nitrogens is 3. The van der Waals surface area contributed by atoms with E-state index in [1.807, 2.05) is 37.3 Å². The minimum atomic E-state index is -0.415. The van der Waals surface area contributed by atoms with Gasteiger partial charge in [0.25, 0.3) is 0 Å². The zero-order valence-corrected chi connectivity index (χ0v) is 15.4. The van der Waals surface area contributed by atoms with Gasteiger partial charge in [-0.2, -0.15) is 0 Å². The van der Waals surface area contributed by atoms with Gasteiger partial charge in [0.1, 0.15) is 16.8 Å². The number of hydrogen-bond acceptors (Lipinski definition) is 6. The molecule has 2 atom stereocenters. The number of furan rings is 1. The molecule has 134 valence electrons. The maximum absolute atomic E-state index is 12.9. The first-order chi connectivity index (χ1) is 12.6. The highest BCUT2D eigenvalue weighted by atomic mass is 35.5. The summed E-state index contributed by atoms with van der Waals surface area (Å²) in [4.78, 5) is 12.9. The Morgan fingerprint density at radius 1 is 1.35 bits per heavy atom. The number of nitrogens with zero attached hydrogens (tertiary/aromatic N) is 3. The second kappa shape index (κ2) is 7.05. The van der Waals surface area contributed by atoms with Crippen molar-refractivity contribution in [2.75, 3.05) is 5.43 Å². The lowest BCUT2D eigenvalue weighted by molar-refractivity contribution is -0.121. The summed E-state index contributed by atoms with van der Waals surface area (Å²) >= 11 is 7.39. The van der Waals surface area contributed by atoms with Crippen molar-refractivity contribution in [1.82, 2.24) is 20.2 Å². The van der Waals surface area contributed by atoms with Gasteiger partial charge in [-0.1, -0.05) is 35.5 Å². The van der Waals surface area contributed by atoms with E-state index in [-0.39, 0.29) is 11.9 Å². The molecule has 0 spiro atoms. The Kier molecular flexibility index (Phi) is 4.60. The molecule has 0 fully saturated rings. The number of fused-ring (bicyclic) bond motifs is 1. The Labute approximate surface area is 159 Å². The second-order valence-electron chi connectivity index (χ2n) is 5.86. The molecular weight excluding hydrogens is 374 g/mol. The van der Waals surface area contributed by atoms with E-state index in [2.05, 4.69) is 20.9 Å². The number of rotatable bonds is 4. The number of benzene rings is 1. The van der Waals surface area contributed by atoms with Crippen molar-refractivity contribution in [2.45, 2.75) is 29.9 Å². The minimum Gasteiger partial charge on any atom is -0.467 e. The topological polar surface area (TPSA) is 85.0 Å². The molecule has 1 aromatic carbocycles. The van der Waals surface area contributed by atoms with Crippen LogP contribution in [0.5, 0.6) is 0 Å². The Hall–Kier alpha value is -2.45. The number of amides is 1. The summed E-state index contributed by atoms with van der Waals surface area (Å²) in [5.74, 6) is 1.33. The van der Waals surface area contributed by atoms with Crippen molar-refractivity contribution in [3.05, 3.63) is 64.8 Å². The fourth-order valence-corrected chi connectivity index (χ4v) is 4.04. The summed E-state index contributed by atoms with van der Waals surface area (Å²) in [5, 5.41) is 12.0. The van der Waals surface area contributed by atoms with Gasteiger partial charge in [-0.3, -0.25) is 4.79 Å². The molecule has 9 heteroatoms. The molecule has 0 unspecified atom stereocenters. The van der Waals surface area contributed by atoms with Crippen molar-refractivity contribution in [3.63, 3.8) is 0 Å². The van der Waals surface area contributed by atoms with E-state index < -0.39 is 5.25 Å². The largest absolute Gasteiger partial charge is 0.467 e. The monoisotopic (exact) mass is 389 g/mol. The Morgan fingerprint density at radius 3 is 2.88 bits per heavy atom. The first-order valence-corrected chi connectivity index (χ1v) is 9.28. The molecule has 0 radical (unpaired) electrons. The van der Waals surface area contributed by atoms with Crippen LogP contribution in [0.15, 0.2) is 52.2 Å². The van der Waals surface area contributed by atoms with E-state index in [1.54, 1.807) is 17.0 Å². The van der Waals surface area contributed by atoms with Crippen LogP contribution in [0.1, 0.15) is 23.2 Å². The lowest BCUT2D eigenvalue weighted by Crippen LogP contribution is -2.43. The number of carbonyl (C=O) groups is 1. The van der Waals surface area contributed by atoms with Crippen LogP contribution in [0.2, 0.25) is 5.02 Å². The number of hydrogen-bond donors (Lipinski definition) is 2. The van der Waals surface area contributed by atoms with E-state index in [1.165, 1.54) is 11.8 Å². The molecule has 3 aromatic rings. The van der Waals surface area contributed by atoms with Crippen LogP contribution in [0.3, 0.4) is 0 Å². The first kappa shape index (κ1) is 17.0. The Balaban J connectivity index is 1.60. The van der Waals surface area contributed by atoms with Gasteiger partial charge in [0.2, 0.25) is 11.1 Å². The predicted octanol–water partition coefficient (Wildman–Crippen LogP) is 2.91. The average molecular weight is 390 g/mol. The van der Waals surface area contributed by atoms with Crippen molar-refractivity contribution >= 4 is 29.3 Å². The Morgan fingerprint density at radius 2 is 2.15 bits per heavy atom. The molecule has 0 saturated carbocycles. The van der Waals surface area contributed by atoms with Gasteiger partial charge >= 0.3 is 0 Å². The standard InChI is InChI=1S/C17H16ClN5O2S/c1-10-20-21-17-23(10)22-14(11-4-6-12(18)7-5-11)15(26-17)16(24)19-9-13-3-2-8-25-13/h2-8,14-15,22H,9H2,1H3,(H,19,24)/t14-,15+/m1/s1. The van der Waals surface area contributed by atoms with Crippen LogP contribution in [-0.4, -0.2) is 26.0 Å². The molecule has 1 aliphatic rings. The zero-order valence-electron chi connectivity index (χ0n) is 13.8. The molecule has 7 nitrogen and oxygen atoms in total. The van der Waals surface area contributed by atoms with Gasteiger partial charge in [0.15, 0.2) is 0 Å². The number of halogens is 1. The van der Waals surface area contributed by atoms with Crippen molar-refractivity contribution in [2.24, 2.45) is 0 Å². The summed E-state index contributed by atoms with van der Waals surface area (Å²) in [5.41, 5.74) is 4.31. The van der Waals surface area contributed by atoms with Crippen LogP contribution in [-0.2, 0) is 11.3 Å². The molecule has 1 amide bonds. The number of aryl methyl sites for hydroxylation is 1. The molecule has 4 rings (SSSR count). The van der Waals surface area contributed by atoms with E-state index in [0.29, 0.717) is 22.5 Å². The highest BCUT2D eigenvalue weighted by Crippen LogP contribution is 2.37. The lowest BCUT2D eigenvalue weighted by Gasteiger charge is -2.32. The van der Waals surface area contributed by atoms with Crippen molar-refractivity contribution < 1.29 is 9.21 Å². The summed E-state index contributed by atoms with van der Waals surface area (Å²) in [6.45, 7) is 2.20. The summed E-state index contributed by atoms with van der Waals surface area (Å²) < 4.78 is 7.08. The molecule has 0 bridgehead atoms. The van der Waals surface area contributed by atoms with Gasteiger partial charge in [-0.05, 0) is 36.8 Å². The third kappa shape index (κ3) is 3.30. The normalized spacial score (nSPS) is 18.8. The summed E-state index contributed by atoms with van der Waals surface area (Å²) in [7, 11) is 0. The van der Waals surface area contributed by atoms with Gasteiger partial charge in [0, 0.05) is 5.02 Å². The maximum atomic E-state index is 12.9. The number of carbonyl (C=O) groups excluding carboxylic acids is 1. The molecule has 2 N–H and O–H groups in total. The zero-order chi connectivity index (χ0) is 18.1. The SMILES string of the molecule is Cc1nnc2n1N[C@H](c1ccc(Cl)cc1)[C@@H](C(=O)NCc1ccco1)S2. The minimum absolute atomic E-state index is 0.106. The Bertz CT molecular complexity index is 910. The maximum Gasteiger partial charge on any atom is 0.236 e. The molecule has 2 aromatic heterocycles. The van der Waals surface area contributed by atoms with Gasteiger partial charge in [-0.15, -0.1) is 10.2 Å². The molecule has 0 saturated heterocycles. The fourth-order valence-electron chi connectivity index (χ4n) is 2.77. The van der Waals surface area contributed by atoms with Gasteiger partial charge < -0.3 is 15.2 Å². The number of thioether (sulfide) groups is 1. The van der Waals surface area contributed by atoms with Crippen LogP contribution < -0.4 is 10.7 Å². The summed E-state index contributed by atoms with van der Waals surface area (Å²) in [6.07, 6.45) is 1.58. The quantitative estimate of drug-likeness (QED) is 0.713. The van der Waals surface area contributed by atoms with E-state index in [9.17, 15) is 4.79 Å². The molecule has 3 heterocycles. The lowest BCUT2D eigenvalue weighted by atomic mass is 10.0. The van der Waals surface area contributed by atoms with Crippen LogP contribution in [0.25, 0.3) is 0 Å². The second-order valence-corrected chi connectivity index (χ2v) is 7.40.